The standard InChI is InChI=1S/C12H7Cl4N/c13-7-5-9(15)12(10(16)6-7)17-11-4-2-1-3-8(11)14/h1-6,17H. The summed E-state index contributed by atoms with van der Waals surface area (Å²) in [5.74, 6) is 0. The van der Waals surface area contributed by atoms with Crippen molar-refractivity contribution in [2.75, 3.05) is 5.32 Å². The first-order valence-corrected chi connectivity index (χ1v) is 6.25. The van der Waals surface area contributed by atoms with Gasteiger partial charge in [0.05, 0.1) is 26.4 Å². The summed E-state index contributed by atoms with van der Waals surface area (Å²) >= 11 is 24.0. The smallest absolute Gasteiger partial charge is 0.0764 e. The molecular weight excluding hydrogens is 300 g/mol. The van der Waals surface area contributed by atoms with E-state index in [4.69, 9.17) is 46.4 Å². The summed E-state index contributed by atoms with van der Waals surface area (Å²) in [5.41, 5.74) is 1.33. The Morgan fingerprint density at radius 1 is 0.765 bits per heavy atom. The zero-order valence-corrected chi connectivity index (χ0v) is 11.5. The van der Waals surface area contributed by atoms with Gasteiger partial charge in [-0.25, -0.2) is 0 Å². The van der Waals surface area contributed by atoms with Gasteiger partial charge in [-0.2, -0.15) is 0 Å². The fraction of sp³-hybridized carbons (Fsp3) is 0. The van der Waals surface area contributed by atoms with E-state index in [2.05, 4.69) is 5.32 Å². The topological polar surface area (TPSA) is 12.0 Å². The summed E-state index contributed by atoms with van der Waals surface area (Å²) in [5, 5.41) is 5.06. The van der Waals surface area contributed by atoms with Crippen molar-refractivity contribution in [3.05, 3.63) is 56.5 Å². The van der Waals surface area contributed by atoms with E-state index in [1.807, 2.05) is 18.2 Å². The SMILES string of the molecule is Clc1cc(Cl)c(Nc2ccccc2Cl)c(Cl)c1. The second-order valence-electron chi connectivity index (χ2n) is 3.35. The van der Waals surface area contributed by atoms with Crippen LogP contribution in [0.1, 0.15) is 0 Å². The predicted octanol–water partition coefficient (Wildman–Crippen LogP) is 6.04. The van der Waals surface area contributed by atoms with Crippen LogP contribution in [0.5, 0.6) is 0 Å². The van der Waals surface area contributed by atoms with Crippen LogP contribution in [0.4, 0.5) is 11.4 Å². The summed E-state index contributed by atoms with van der Waals surface area (Å²) in [4.78, 5) is 0. The fourth-order valence-electron chi connectivity index (χ4n) is 1.36. The minimum Gasteiger partial charge on any atom is -0.352 e. The Hall–Kier alpha value is -0.600. The minimum absolute atomic E-state index is 0.447. The molecule has 0 atom stereocenters. The van der Waals surface area contributed by atoms with E-state index in [1.54, 1.807) is 18.2 Å². The largest absolute Gasteiger partial charge is 0.352 e. The molecule has 0 aliphatic carbocycles. The number of rotatable bonds is 2. The molecule has 0 aliphatic rings. The normalized spacial score (nSPS) is 10.4. The lowest BCUT2D eigenvalue weighted by Gasteiger charge is -2.12. The maximum absolute atomic E-state index is 6.06. The second kappa shape index (κ2) is 5.36. The molecule has 1 N–H and O–H groups in total. The molecule has 88 valence electrons. The van der Waals surface area contributed by atoms with Crippen molar-refractivity contribution in [1.29, 1.82) is 0 Å². The Labute approximate surface area is 119 Å². The highest BCUT2D eigenvalue weighted by atomic mass is 35.5. The Bertz CT molecular complexity index is 531. The van der Waals surface area contributed by atoms with Crippen LogP contribution in [0, 0.1) is 0 Å². The van der Waals surface area contributed by atoms with Gasteiger partial charge in [0.15, 0.2) is 0 Å². The van der Waals surface area contributed by atoms with Crippen molar-refractivity contribution in [1.82, 2.24) is 0 Å². The van der Waals surface area contributed by atoms with E-state index in [0.29, 0.717) is 25.8 Å². The molecule has 2 aromatic rings. The van der Waals surface area contributed by atoms with E-state index < -0.39 is 0 Å². The molecule has 2 aromatic carbocycles. The first-order chi connectivity index (χ1) is 8.08. The maximum atomic E-state index is 6.06. The van der Waals surface area contributed by atoms with Crippen molar-refractivity contribution in [3.63, 3.8) is 0 Å². The third-order valence-electron chi connectivity index (χ3n) is 2.14. The minimum atomic E-state index is 0.447. The molecule has 0 aliphatic heterocycles. The molecule has 0 aromatic heterocycles. The van der Waals surface area contributed by atoms with Crippen molar-refractivity contribution in [2.45, 2.75) is 0 Å². The van der Waals surface area contributed by atoms with Gasteiger partial charge in [0.25, 0.3) is 0 Å². The first kappa shape index (κ1) is 12.8. The van der Waals surface area contributed by atoms with Crippen LogP contribution >= 0.6 is 46.4 Å². The third kappa shape index (κ3) is 2.99. The van der Waals surface area contributed by atoms with E-state index in [-0.39, 0.29) is 0 Å². The summed E-state index contributed by atoms with van der Waals surface area (Å²) < 4.78 is 0. The Morgan fingerprint density at radius 3 is 1.94 bits per heavy atom. The summed E-state index contributed by atoms with van der Waals surface area (Å²) in [6, 6.07) is 10.6. The van der Waals surface area contributed by atoms with Crippen molar-refractivity contribution < 1.29 is 0 Å². The van der Waals surface area contributed by atoms with Crippen molar-refractivity contribution in [2.24, 2.45) is 0 Å². The van der Waals surface area contributed by atoms with Crippen LogP contribution in [0.25, 0.3) is 0 Å². The Balaban J connectivity index is 2.40. The Morgan fingerprint density at radius 2 is 1.35 bits per heavy atom. The van der Waals surface area contributed by atoms with Crippen molar-refractivity contribution in [3.8, 4) is 0 Å². The van der Waals surface area contributed by atoms with Crippen LogP contribution in [0.2, 0.25) is 20.1 Å². The van der Waals surface area contributed by atoms with Crippen molar-refractivity contribution >= 4 is 57.8 Å². The third-order valence-corrected chi connectivity index (χ3v) is 3.28. The fourth-order valence-corrected chi connectivity index (χ4v) is 2.45. The zero-order chi connectivity index (χ0) is 12.4. The zero-order valence-electron chi connectivity index (χ0n) is 8.48. The molecule has 0 radical (unpaired) electrons. The number of benzene rings is 2. The highest BCUT2D eigenvalue weighted by Gasteiger charge is 2.09. The second-order valence-corrected chi connectivity index (χ2v) is 5.01. The highest BCUT2D eigenvalue weighted by Crippen LogP contribution is 2.37. The molecule has 0 saturated carbocycles. The summed E-state index contributed by atoms with van der Waals surface area (Å²) in [6.07, 6.45) is 0. The molecule has 0 unspecified atom stereocenters. The lowest BCUT2D eigenvalue weighted by molar-refractivity contribution is 1.55. The van der Waals surface area contributed by atoms with Gasteiger partial charge < -0.3 is 5.32 Å². The monoisotopic (exact) mass is 305 g/mol. The van der Waals surface area contributed by atoms with Crippen LogP contribution in [0.3, 0.4) is 0 Å². The van der Waals surface area contributed by atoms with Gasteiger partial charge in [0.2, 0.25) is 0 Å². The van der Waals surface area contributed by atoms with E-state index in [9.17, 15) is 0 Å². The molecule has 1 nitrogen and oxygen atoms in total. The van der Waals surface area contributed by atoms with Gasteiger partial charge in [0.1, 0.15) is 0 Å². The molecule has 5 heteroatoms. The molecule has 2 rings (SSSR count). The van der Waals surface area contributed by atoms with Gasteiger partial charge in [-0.1, -0.05) is 58.5 Å². The summed E-state index contributed by atoms with van der Waals surface area (Å²) in [7, 11) is 0. The van der Waals surface area contributed by atoms with Gasteiger partial charge in [-0.3, -0.25) is 0 Å². The molecule has 0 bridgehead atoms. The van der Waals surface area contributed by atoms with E-state index in [0.717, 1.165) is 5.69 Å². The number of halogens is 4. The number of para-hydroxylation sites is 1. The molecule has 0 saturated heterocycles. The summed E-state index contributed by atoms with van der Waals surface area (Å²) in [6.45, 7) is 0. The van der Waals surface area contributed by atoms with Crippen LogP contribution in [0.15, 0.2) is 36.4 Å². The molecular formula is C12H7Cl4N. The predicted molar refractivity (Wildman–Crippen MR) is 76.2 cm³/mol. The van der Waals surface area contributed by atoms with Crippen LogP contribution < -0.4 is 5.32 Å². The van der Waals surface area contributed by atoms with Gasteiger partial charge in [0, 0.05) is 5.02 Å². The highest BCUT2D eigenvalue weighted by molar-refractivity contribution is 6.42. The molecule has 0 spiro atoms. The number of nitrogens with one attached hydrogen (secondary N) is 1. The van der Waals surface area contributed by atoms with Crippen LogP contribution in [-0.2, 0) is 0 Å². The molecule has 0 fully saturated rings. The average molecular weight is 307 g/mol. The number of hydrogen-bond acceptors (Lipinski definition) is 1. The first-order valence-electron chi connectivity index (χ1n) is 4.74. The maximum Gasteiger partial charge on any atom is 0.0764 e. The quantitative estimate of drug-likeness (QED) is 0.712. The molecule has 17 heavy (non-hydrogen) atoms. The van der Waals surface area contributed by atoms with E-state index in [1.165, 1.54) is 0 Å². The Kier molecular flexibility index (Phi) is 4.05. The lowest BCUT2D eigenvalue weighted by atomic mass is 10.2. The van der Waals surface area contributed by atoms with Gasteiger partial charge in [-0.15, -0.1) is 0 Å². The molecule has 0 heterocycles. The number of anilines is 2. The number of hydrogen-bond donors (Lipinski definition) is 1. The van der Waals surface area contributed by atoms with E-state index >= 15 is 0 Å². The van der Waals surface area contributed by atoms with Crippen LogP contribution in [-0.4, -0.2) is 0 Å². The average Bonchev–Trinajstić information content (AvgIpc) is 2.25. The van der Waals surface area contributed by atoms with Gasteiger partial charge in [-0.05, 0) is 24.3 Å². The lowest BCUT2D eigenvalue weighted by Crippen LogP contribution is -1.93. The molecule has 0 amide bonds. The van der Waals surface area contributed by atoms with Gasteiger partial charge >= 0.3 is 0 Å².